The highest BCUT2D eigenvalue weighted by Gasteiger charge is 2.05. The number of aliphatic hydroxyl groups is 1. The summed E-state index contributed by atoms with van der Waals surface area (Å²) in [6.07, 6.45) is 4.31. The Morgan fingerprint density at radius 1 is 1.08 bits per heavy atom. The lowest BCUT2D eigenvalue weighted by atomic mass is 10.2. The Bertz CT molecular complexity index is 96.2. The topological polar surface area (TPSA) is 38.7 Å². The molecule has 3 nitrogen and oxygen atoms in total. The van der Waals surface area contributed by atoms with Crippen molar-refractivity contribution in [3.63, 3.8) is 0 Å². The van der Waals surface area contributed by atoms with Crippen LogP contribution in [0.5, 0.6) is 0 Å². The first-order valence-corrected chi connectivity index (χ1v) is 5.19. The molecule has 0 aromatic rings. The molecule has 0 saturated carbocycles. The summed E-state index contributed by atoms with van der Waals surface area (Å²) >= 11 is 0. The molecule has 3 heteroatoms. The maximum absolute atomic E-state index is 8.81. The van der Waals surface area contributed by atoms with Gasteiger partial charge in [-0.1, -0.05) is 26.2 Å². The summed E-state index contributed by atoms with van der Waals surface area (Å²) in [6.45, 7) is 5.29. The second-order valence-corrected chi connectivity index (χ2v) is 3.00. The molecule has 1 atom stereocenters. The van der Waals surface area contributed by atoms with Crippen LogP contribution < -0.4 is 0 Å². The molecule has 0 saturated heterocycles. The highest BCUT2D eigenvalue weighted by molar-refractivity contribution is 4.42. The number of aliphatic hydroxyl groups excluding tert-OH is 1. The zero-order chi connectivity index (χ0) is 9.94. The van der Waals surface area contributed by atoms with Crippen molar-refractivity contribution < 1.29 is 14.6 Å². The second-order valence-electron chi connectivity index (χ2n) is 3.00. The fraction of sp³-hybridized carbons (Fsp3) is 1.00. The summed E-state index contributed by atoms with van der Waals surface area (Å²) in [5, 5.41) is 8.81. The van der Waals surface area contributed by atoms with E-state index >= 15 is 0 Å². The predicted octanol–water partition coefficient (Wildman–Crippen LogP) is 1.94. The van der Waals surface area contributed by atoms with E-state index in [1.807, 2.05) is 6.92 Å². The van der Waals surface area contributed by atoms with Crippen LogP contribution in [0.2, 0.25) is 0 Å². The molecular formula is C10H22O3. The average molecular weight is 190 g/mol. The van der Waals surface area contributed by atoms with Gasteiger partial charge < -0.3 is 14.6 Å². The molecule has 0 heterocycles. The van der Waals surface area contributed by atoms with Crippen LogP contribution in [0.25, 0.3) is 0 Å². The summed E-state index contributed by atoms with van der Waals surface area (Å²) in [6, 6.07) is 0. The minimum atomic E-state index is -0.424. The number of hydrogen-bond acceptors (Lipinski definition) is 3. The minimum absolute atomic E-state index is 0.0540. The Kier molecular flexibility index (Phi) is 9.87. The van der Waals surface area contributed by atoms with Gasteiger partial charge in [-0.05, 0) is 13.3 Å². The number of hydrogen-bond donors (Lipinski definition) is 1. The Balaban J connectivity index is 3.17. The smallest absolute Gasteiger partial charge is 0.180 e. The monoisotopic (exact) mass is 190 g/mol. The minimum Gasteiger partial charge on any atom is -0.391 e. The van der Waals surface area contributed by atoms with Crippen molar-refractivity contribution in [3.8, 4) is 0 Å². The molecule has 1 unspecified atom stereocenters. The Labute approximate surface area is 81.0 Å². The fourth-order valence-corrected chi connectivity index (χ4v) is 1.08. The maximum atomic E-state index is 8.81. The van der Waals surface area contributed by atoms with Gasteiger partial charge in [-0.3, -0.25) is 0 Å². The number of ether oxygens (including phenoxy) is 2. The van der Waals surface area contributed by atoms with E-state index in [0.29, 0.717) is 13.2 Å². The van der Waals surface area contributed by atoms with Gasteiger partial charge in [0.2, 0.25) is 0 Å². The van der Waals surface area contributed by atoms with Crippen molar-refractivity contribution in [2.45, 2.75) is 45.8 Å². The van der Waals surface area contributed by atoms with Gasteiger partial charge in [0.1, 0.15) is 0 Å². The van der Waals surface area contributed by atoms with Crippen LogP contribution in [0.1, 0.15) is 39.5 Å². The zero-order valence-electron chi connectivity index (χ0n) is 8.79. The van der Waals surface area contributed by atoms with E-state index < -0.39 is 6.29 Å². The Morgan fingerprint density at radius 2 is 1.85 bits per heavy atom. The number of unbranched alkanes of at least 4 members (excludes halogenated alkanes) is 3. The standard InChI is InChI=1S/C10H22O3/c1-3-5-6-7-8-13-10(9-11)12-4-2/h10-11H,3-9H2,1-2H3. The lowest BCUT2D eigenvalue weighted by molar-refractivity contribution is -0.160. The first-order valence-electron chi connectivity index (χ1n) is 5.19. The lowest BCUT2D eigenvalue weighted by Gasteiger charge is -2.14. The van der Waals surface area contributed by atoms with Gasteiger partial charge in [0.15, 0.2) is 6.29 Å². The van der Waals surface area contributed by atoms with Crippen molar-refractivity contribution in [2.75, 3.05) is 19.8 Å². The molecule has 1 N–H and O–H groups in total. The first-order chi connectivity index (χ1) is 6.35. The molecule has 0 bridgehead atoms. The van der Waals surface area contributed by atoms with Crippen LogP contribution in [0.15, 0.2) is 0 Å². The second kappa shape index (κ2) is 9.96. The van der Waals surface area contributed by atoms with E-state index in [9.17, 15) is 0 Å². The van der Waals surface area contributed by atoms with E-state index in [1.54, 1.807) is 0 Å². The highest BCUT2D eigenvalue weighted by atomic mass is 16.7. The van der Waals surface area contributed by atoms with E-state index in [-0.39, 0.29) is 6.61 Å². The van der Waals surface area contributed by atoms with Crippen molar-refractivity contribution >= 4 is 0 Å². The first kappa shape index (κ1) is 12.9. The van der Waals surface area contributed by atoms with Gasteiger partial charge in [-0.15, -0.1) is 0 Å². The normalized spacial score (nSPS) is 13.2. The van der Waals surface area contributed by atoms with Crippen LogP contribution in [-0.2, 0) is 9.47 Å². The predicted molar refractivity (Wildman–Crippen MR) is 52.6 cm³/mol. The van der Waals surface area contributed by atoms with Gasteiger partial charge in [0, 0.05) is 13.2 Å². The summed E-state index contributed by atoms with van der Waals surface area (Å²) in [5.74, 6) is 0. The Morgan fingerprint density at radius 3 is 2.38 bits per heavy atom. The van der Waals surface area contributed by atoms with Crippen molar-refractivity contribution in [3.05, 3.63) is 0 Å². The quantitative estimate of drug-likeness (QED) is 0.446. The molecule has 0 aromatic carbocycles. The lowest BCUT2D eigenvalue weighted by Crippen LogP contribution is -2.22. The third-order valence-corrected chi connectivity index (χ3v) is 1.80. The van der Waals surface area contributed by atoms with Crippen LogP contribution in [0.4, 0.5) is 0 Å². The Hall–Kier alpha value is -0.120. The zero-order valence-corrected chi connectivity index (χ0v) is 8.79. The highest BCUT2D eigenvalue weighted by Crippen LogP contribution is 2.01. The van der Waals surface area contributed by atoms with Gasteiger partial charge in [0.05, 0.1) is 6.61 Å². The van der Waals surface area contributed by atoms with Crippen LogP contribution in [0, 0.1) is 0 Å². The van der Waals surface area contributed by atoms with Gasteiger partial charge in [-0.2, -0.15) is 0 Å². The molecule has 0 amide bonds. The van der Waals surface area contributed by atoms with E-state index in [2.05, 4.69) is 6.92 Å². The molecule has 0 radical (unpaired) electrons. The molecule has 13 heavy (non-hydrogen) atoms. The molecule has 80 valence electrons. The molecular weight excluding hydrogens is 168 g/mol. The third-order valence-electron chi connectivity index (χ3n) is 1.80. The average Bonchev–Trinajstić information content (AvgIpc) is 2.16. The van der Waals surface area contributed by atoms with E-state index in [0.717, 1.165) is 6.42 Å². The van der Waals surface area contributed by atoms with E-state index in [4.69, 9.17) is 14.6 Å². The maximum Gasteiger partial charge on any atom is 0.180 e. The molecule has 0 fully saturated rings. The van der Waals surface area contributed by atoms with Crippen LogP contribution >= 0.6 is 0 Å². The third kappa shape index (κ3) is 8.22. The van der Waals surface area contributed by atoms with E-state index in [1.165, 1.54) is 19.3 Å². The van der Waals surface area contributed by atoms with Gasteiger partial charge >= 0.3 is 0 Å². The molecule has 0 aromatic heterocycles. The van der Waals surface area contributed by atoms with Gasteiger partial charge in [0.25, 0.3) is 0 Å². The molecule has 0 aliphatic carbocycles. The molecule has 0 aliphatic heterocycles. The van der Waals surface area contributed by atoms with Crippen LogP contribution in [-0.4, -0.2) is 31.2 Å². The SMILES string of the molecule is CCCCCCOC(CO)OCC. The summed E-state index contributed by atoms with van der Waals surface area (Å²) in [4.78, 5) is 0. The summed E-state index contributed by atoms with van der Waals surface area (Å²) in [7, 11) is 0. The summed E-state index contributed by atoms with van der Waals surface area (Å²) in [5.41, 5.74) is 0. The molecule has 0 aliphatic rings. The fourth-order valence-electron chi connectivity index (χ4n) is 1.08. The molecule has 0 rings (SSSR count). The largest absolute Gasteiger partial charge is 0.391 e. The summed E-state index contributed by atoms with van der Waals surface area (Å²) < 4.78 is 10.4. The van der Waals surface area contributed by atoms with Crippen molar-refractivity contribution in [2.24, 2.45) is 0 Å². The van der Waals surface area contributed by atoms with Gasteiger partial charge in [-0.25, -0.2) is 0 Å². The number of rotatable bonds is 9. The van der Waals surface area contributed by atoms with Crippen LogP contribution in [0.3, 0.4) is 0 Å². The van der Waals surface area contributed by atoms with Crippen molar-refractivity contribution in [1.82, 2.24) is 0 Å². The molecule has 0 spiro atoms. The van der Waals surface area contributed by atoms with Crippen molar-refractivity contribution in [1.29, 1.82) is 0 Å².